The Morgan fingerprint density at radius 1 is 0.778 bits per heavy atom. The molecular weight excluding hydrogens is 605 g/mol. The molecule has 0 spiro atoms. The molecule has 2 N–H and O–H groups in total. The topological polar surface area (TPSA) is 95.1 Å². The number of hydrogen-bond donors (Lipinski definition) is 2. The van der Waals surface area contributed by atoms with Crippen molar-refractivity contribution in [2.45, 2.75) is 49.2 Å². The van der Waals surface area contributed by atoms with Gasteiger partial charge in [0.05, 0.1) is 30.2 Å². The highest BCUT2D eigenvalue weighted by molar-refractivity contribution is 7.89. The van der Waals surface area contributed by atoms with Gasteiger partial charge in [0.15, 0.2) is 0 Å². The van der Waals surface area contributed by atoms with E-state index in [1.165, 1.54) is 11.1 Å². The number of ether oxygens (including phenoxy) is 1. The Kier molecular flexibility index (Phi) is 13.3. The molecule has 0 bridgehead atoms. The van der Waals surface area contributed by atoms with Gasteiger partial charge in [0.25, 0.3) is 0 Å². The molecule has 0 amide bonds. The molecule has 10 heteroatoms. The summed E-state index contributed by atoms with van der Waals surface area (Å²) in [6, 6.07) is 26.2. The maximum Gasteiger partial charge on any atom is 0.500 e. The van der Waals surface area contributed by atoms with Gasteiger partial charge in [0.1, 0.15) is 0 Å². The first kappa shape index (κ1) is 34.9. The Morgan fingerprint density at radius 3 is 1.93 bits per heavy atom. The number of nitrogens with one attached hydrogen (secondary N) is 2. The summed E-state index contributed by atoms with van der Waals surface area (Å²) in [5.41, 5.74) is 5.48. The van der Waals surface area contributed by atoms with E-state index >= 15 is 0 Å². The Hall–Kier alpha value is -2.93. The van der Waals surface area contributed by atoms with Crippen molar-refractivity contribution < 1.29 is 26.4 Å². The molecule has 0 unspecified atom stereocenters. The molecule has 0 fully saturated rings. The lowest BCUT2D eigenvalue weighted by Gasteiger charge is -2.30. The maximum atomic E-state index is 13.9. The molecule has 0 saturated carbocycles. The molecule has 0 saturated heterocycles. The van der Waals surface area contributed by atoms with E-state index in [4.69, 9.17) is 18.0 Å². The highest BCUT2D eigenvalue weighted by atomic mass is 32.2. The quantitative estimate of drug-likeness (QED) is 0.0971. The van der Waals surface area contributed by atoms with E-state index in [1.54, 1.807) is 33.5 Å². The second-order valence-electron chi connectivity index (χ2n) is 11.2. The molecule has 0 aliphatic heterocycles. The van der Waals surface area contributed by atoms with Crippen LogP contribution in [0.1, 0.15) is 48.5 Å². The predicted octanol–water partition coefficient (Wildman–Crippen LogP) is 6.14. The Balaban J connectivity index is 1.50. The molecule has 2 atom stereocenters. The minimum absolute atomic E-state index is 0.195. The van der Waals surface area contributed by atoms with Crippen LogP contribution in [0.4, 0.5) is 0 Å². The third-order valence-electron chi connectivity index (χ3n) is 8.14. The molecule has 3 aromatic carbocycles. The lowest BCUT2D eigenvalue weighted by atomic mass is 9.94. The Bertz CT molecular complexity index is 1490. The van der Waals surface area contributed by atoms with Gasteiger partial charge in [-0.3, -0.25) is 0 Å². The van der Waals surface area contributed by atoms with Crippen LogP contribution in [0.15, 0.2) is 113 Å². The van der Waals surface area contributed by atoms with E-state index in [1.807, 2.05) is 72.8 Å². The second-order valence-corrected chi connectivity index (χ2v) is 16.0. The largest absolute Gasteiger partial charge is 0.500 e. The molecule has 3 aromatic rings. The molecule has 45 heavy (non-hydrogen) atoms. The van der Waals surface area contributed by atoms with Crippen LogP contribution >= 0.6 is 0 Å². The third-order valence-corrected chi connectivity index (χ3v) is 12.3. The van der Waals surface area contributed by atoms with Gasteiger partial charge >= 0.3 is 8.80 Å². The van der Waals surface area contributed by atoms with E-state index in [9.17, 15) is 8.42 Å². The van der Waals surface area contributed by atoms with Crippen molar-refractivity contribution in [1.29, 1.82) is 0 Å². The van der Waals surface area contributed by atoms with Gasteiger partial charge in [-0.15, -0.1) is 0 Å². The molecule has 1 aliphatic rings. The van der Waals surface area contributed by atoms with E-state index in [0.717, 1.165) is 29.5 Å². The normalized spacial score (nSPS) is 15.3. The van der Waals surface area contributed by atoms with E-state index in [2.05, 4.69) is 29.1 Å². The van der Waals surface area contributed by atoms with Crippen LogP contribution in [-0.2, 0) is 34.5 Å². The molecule has 0 radical (unpaired) electrons. The smallest absolute Gasteiger partial charge is 0.377 e. The SMILES string of the molecule is CO[Si](CCc1ccc(S(=O)(=O)N[C@H](c2ccccc2)[C@H](NCCOCC2=CCC(C)=CC2)c2ccccc2)cc1)(OC)OC. The number of aryl methyl sites for hydroxylation is 1. The zero-order chi connectivity index (χ0) is 32.1. The molecular formula is C35H46N2O6SSi. The summed E-state index contributed by atoms with van der Waals surface area (Å²) in [6.45, 7) is 3.79. The summed E-state index contributed by atoms with van der Waals surface area (Å²) in [5.74, 6) is 0. The van der Waals surface area contributed by atoms with Gasteiger partial charge in [-0.2, -0.15) is 0 Å². The summed E-state index contributed by atoms with van der Waals surface area (Å²) in [7, 11) is -1.87. The number of allylic oxidation sites excluding steroid dienone is 3. The van der Waals surface area contributed by atoms with Gasteiger partial charge in [-0.25, -0.2) is 13.1 Å². The summed E-state index contributed by atoms with van der Waals surface area (Å²) >= 11 is 0. The fraction of sp³-hybridized carbons (Fsp3) is 0.371. The Morgan fingerprint density at radius 2 is 1.38 bits per heavy atom. The predicted molar refractivity (Wildman–Crippen MR) is 180 cm³/mol. The van der Waals surface area contributed by atoms with Crippen molar-refractivity contribution in [3.8, 4) is 0 Å². The molecule has 1 aliphatic carbocycles. The molecule has 0 aromatic heterocycles. The van der Waals surface area contributed by atoms with Crippen molar-refractivity contribution in [1.82, 2.24) is 10.0 Å². The molecule has 4 rings (SSSR count). The minimum Gasteiger partial charge on any atom is -0.377 e. The van der Waals surface area contributed by atoms with Gasteiger partial charge < -0.3 is 23.3 Å². The van der Waals surface area contributed by atoms with Gasteiger partial charge in [-0.1, -0.05) is 90.5 Å². The summed E-state index contributed by atoms with van der Waals surface area (Å²) in [6.07, 6.45) is 7.05. The van der Waals surface area contributed by atoms with E-state index < -0.39 is 24.9 Å². The highest BCUT2D eigenvalue weighted by Gasteiger charge is 2.37. The van der Waals surface area contributed by atoms with Crippen LogP contribution < -0.4 is 10.0 Å². The monoisotopic (exact) mass is 650 g/mol. The van der Waals surface area contributed by atoms with Gasteiger partial charge in [0.2, 0.25) is 10.0 Å². The van der Waals surface area contributed by atoms with Crippen molar-refractivity contribution >= 4 is 18.8 Å². The van der Waals surface area contributed by atoms with Crippen molar-refractivity contribution in [3.05, 3.63) is 125 Å². The first-order valence-electron chi connectivity index (χ1n) is 15.3. The van der Waals surface area contributed by atoms with Crippen LogP contribution in [0.3, 0.4) is 0 Å². The lowest BCUT2D eigenvalue weighted by molar-refractivity contribution is 0.123. The van der Waals surface area contributed by atoms with Crippen LogP contribution in [0.5, 0.6) is 0 Å². The van der Waals surface area contributed by atoms with Crippen molar-refractivity contribution in [2.75, 3.05) is 41.1 Å². The average Bonchev–Trinajstić information content (AvgIpc) is 3.08. The van der Waals surface area contributed by atoms with Crippen molar-refractivity contribution in [2.24, 2.45) is 0 Å². The van der Waals surface area contributed by atoms with Crippen LogP contribution in [-0.4, -0.2) is 58.3 Å². The zero-order valence-electron chi connectivity index (χ0n) is 26.7. The summed E-state index contributed by atoms with van der Waals surface area (Å²) in [4.78, 5) is 0.195. The molecule has 242 valence electrons. The summed E-state index contributed by atoms with van der Waals surface area (Å²) in [5, 5.41) is 3.59. The minimum atomic E-state index is -3.89. The second kappa shape index (κ2) is 17.1. The molecule has 8 nitrogen and oxygen atoms in total. The van der Waals surface area contributed by atoms with Gasteiger partial charge in [-0.05, 0) is 60.6 Å². The first-order valence-corrected chi connectivity index (χ1v) is 18.7. The highest BCUT2D eigenvalue weighted by Crippen LogP contribution is 2.31. The maximum absolute atomic E-state index is 13.9. The molecule has 0 heterocycles. The lowest BCUT2D eigenvalue weighted by Crippen LogP contribution is -2.43. The van der Waals surface area contributed by atoms with E-state index in [0.29, 0.717) is 32.2 Å². The third kappa shape index (κ3) is 10.0. The van der Waals surface area contributed by atoms with Crippen LogP contribution in [0.25, 0.3) is 0 Å². The van der Waals surface area contributed by atoms with Gasteiger partial charge in [0, 0.05) is 33.9 Å². The standard InChI is InChI=1S/C35H46N2O6SSi/c1-28-15-17-30(18-16-28)27-43-25-24-36-34(31-11-7-5-8-12-31)35(32-13-9-6-10-14-32)37-44(38,39)33-21-19-29(20-22-33)23-26-45(40-2,41-3)42-4/h5-15,18-22,34-37H,16-17,23-27H2,1-4H3/t34-,35-/m1/s1. The fourth-order valence-electron chi connectivity index (χ4n) is 5.39. The van der Waals surface area contributed by atoms with Crippen molar-refractivity contribution in [3.63, 3.8) is 0 Å². The van der Waals surface area contributed by atoms with Crippen LogP contribution in [0.2, 0.25) is 6.04 Å². The Labute approximate surface area is 269 Å². The fourth-order valence-corrected chi connectivity index (χ4v) is 8.33. The number of benzene rings is 3. The number of sulfonamides is 1. The number of hydrogen-bond acceptors (Lipinski definition) is 7. The zero-order valence-corrected chi connectivity index (χ0v) is 28.5. The summed E-state index contributed by atoms with van der Waals surface area (Å²) < 4.78 is 53.3. The first-order chi connectivity index (χ1) is 21.8. The average molecular weight is 651 g/mol. The number of rotatable bonds is 18. The van der Waals surface area contributed by atoms with Crippen LogP contribution in [0, 0.1) is 0 Å². The van der Waals surface area contributed by atoms with E-state index in [-0.39, 0.29) is 10.9 Å².